The van der Waals surface area contributed by atoms with Gasteiger partial charge in [0.05, 0.1) is 17.0 Å². The molecule has 0 saturated heterocycles. The largest absolute Gasteiger partial charge is 0.497 e. The van der Waals surface area contributed by atoms with E-state index in [0.29, 0.717) is 17.2 Å². The Morgan fingerprint density at radius 1 is 1.20 bits per heavy atom. The molecule has 7 heteroatoms. The molecular formula is C13H9Br2N3O2. The number of halogens is 2. The highest BCUT2D eigenvalue weighted by atomic mass is 79.9. The number of pyridine rings is 1. The first-order valence-corrected chi connectivity index (χ1v) is 7.27. The van der Waals surface area contributed by atoms with Crippen LogP contribution in [0, 0.1) is 0 Å². The highest BCUT2D eigenvalue weighted by Crippen LogP contribution is 2.31. The number of fused-ring (bicyclic) bond motifs is 1. The van der Waals surface area contributed by atoms with Gasteiger partial charge < -0.3 is 14.6 Å². The Labute approximate surface area is 131 Å². The Bertz CT molecular complexity index is 773. The zero-order valence-corrected chi connectivity index (χ0v) is 13.5. The Morgan fingerprint density at radius 3 is 2.80 bits per heavy atom. The zero-order valence-electron chi connectivity index (χ0n) is 10.4. The van der Waals surface area contributed by atoms with E-state index in [1.165, 1.54) is 0 Å². The van der Waals surface area contributed by atoms with Gasteiger partial charge in [0.1, 0.15) is 11.6 Å². The molecule has 0 saturated carbocycles. The molecule has 3 rings (SSSR count). The molecule has 5 nitrogen and oxygen atoms in total. The van der Waals surface area contributed by atoms with Crippen LogP contribution in [0.15, 0.2) is 43.9 Å². The molecular weight excluding hydrogens is 390 g/mol. The van der Waals surface area contributed by atoms with Crippen molar-refractivity contribution in [2.45, 2.75) is 0 Å². The van der Waals surface area contributed by atoms with Crippen LogP contribution in [0.3, 0.4) is 0 Å². The normalized spacial score (nSPS) is 10.8. The number of rotatable bonds is 3. The summed E-state index contributed by atoms with van der Waals surface area (Å²) in [6.07, 6.45) is 1.71. The van der Waals surface area contributed by atoms with Gasteiger partial charge in [0.2, 0.25) is 0 Å². The molecule has 0 atom stereocenters. The molecule has 0 aliphatic heterocycles. The van der Waals surface area contributed by atoms with Crippen molar-refractivity contribution in [2.24, 2.45) is 0 Å². The van der Waals surface area contributed by atoms with E-state index in [9.17, 15) is 0 Å². The van der Waals surface area contributed by atoms with Gasteiger partial charge in [0.15, 0.2) is 11.4 Å². The molecule has 0 spiro atoms. The molecule has 1 aromatic carbocycles. The van der Waals surface area contributed by atoms with Crippen molar-refractivity contribution >= 4 is 54.5 Å². The Hall–Kier alpha value is -1.60. The fourth-order valence-electron chi connectivity index (χ4n) is 1.75. The summed E-state index contributed by atoms with van der Waals surface area (Å²) in [5.74, 6) is 2.00. The standard InChI is InChI=1S/C13H9Br2N3O2/c1-19-8-2-3-9-11(5-8)20-18-12(9)17-13-10(15)4-7(14)6-16-13/h2-6H,1H3,(H,16,17,18). The van der Waals surface area contributed by atoms with E-state index in [1.54, 1.807) is 19.4 Å². The van der Waals surface area contributed by atoms with Gasteiger partial charge in [-0.25, -0.2) is 4.98 Å². The summed E-state index contributed by atoms with van der Waals surface area (Å²) in [5, 5.41) is 8.01. The summed E-state index contributed by atoms with van der Waals surface area (Å²) in [4.78, 5) is 4.28. The van der Waals surface area contributed by atoms with Gasteiger partial charge in [0.25, 0.3) is 0 Å². The lowest BCUT2D eigenvalue weighted by molar-refractivity contribution is 0.412. The second kappa shape index (κ2) is 5.41. The van der Waals surface area contributed by atoms with Gasteiger partial charge in [-0.05, 0) is 50.1 Å². The summed E-state index contributed by atoms with van der Waals surface area (Å²) < 4.78 is 12.2. The third-order valence-corrected chi connectivity index (χ3v) is 3.76. The quantitative estimate of drug-likeness (QED) is 0.703. The van der Waals surface area contributed by atoms with Gasteiger partial charge in [-0.2, -0.15) is 0 Å². The van der Waals surface area contributed by atoms with Crippen LogP contribution in [0.25, 0.3) is 11.0 Å². The average Bonchev–Trinajstić information content (AvgIpc) is 2.84. The number of benzene rings is 1. The minimum atomic E-state index is 0.609. The van der Waals surface area contributed by atoms with E-state index < -0.39 is 0 Å². The molecule has 0 fully saturated rings. The van der Waals surface area contributed by atoms with Crippen LogP contribution in [0.2, 0.25) is 0 Å². The molecule has 0 aliphatic rings. The maximum Gasteiger partial charge on any atom is 0.182 e. The summed E-state index contributed by atoms with van der Waals surface area (Å²) in [6, 6.07) is 7.44. The van der Waals surface area contributed by atoms with Crippen LogP contribution >= 0.6 is 31.9 Å². The third-order valence-electron chi connectivity index (χ3n) is 2.72. The number of hydrogen-bond donors (Lipinski definition) is 1. The smallest absolute Gasteiger partial charge is 0.182 e. The zero-order chi connectivity index (χ0) is 14.1. The van der Waals surface area contributed by atoms with Crippen molar-refractivity contribution in [3.8, 4) is 5.75 Å². The van der Waals surface area contributed by atoms with Crippen LogP contribution in [0.5, 0.6) is 5.75 Å². The maximum absolute atomic E-state index is 5.28. The lowest BCUT2D eigenvalue weighted by Crippen LogP contribution is -1.95. The molecule has 2 heterocycles. The molecule has 0 unspecified atom stereocenters. The van der Waals surface area contributed by atoms with Crippen LogP contribution < -0.4 is 10.1 Å². The molecule has 0 radical (unpaired) electrons. The minimum Gasteiger partial charge on any atom is -0.497 e. The van der Waals surface area contributed by atoms with E-state index >= 15 is 0 Å². The first-order chi connectivity index (χ1) is 9.67. The first kappa shape index (κ1) is 13.4. The van der Waals surface area contributed by atoms with Crippen molar-refractivity contribution in [3.05, 3.63) is 39.4 Å². The van der Waals surface area contributed by atoms with Gasteiger partial charge in [0, 0.05) is 16.7 Å². The van der Waals surface area contributed by atoms with E-state index in [-0.39, 0.29) is 0 Å². The van der Waals surface area contributed by atoms with Crippen LogP contribution in [0.1, 0.15) is 0 Å². The van der Waals surface area contributed by atoms with Gasteiger partial charge in [-0.3, -0.25) is 0 Å². The predicted octanol–water partition coefficient (Wildman–Crippen LogP) is 4.50. The van der Waals surface area contributed by atoms with Gasteiger partial charge in [-0.15, -0.1) is 0 Å². The second-order valence-electron chi connectivity index (χ2n) is 4.00. The molecule has 1 N–H and O–H groups in total. The number of hydrogen-bond acceptors (Lipinski definition) is 5. The lowest BCUT2D eigenvalue weighted by Gasteiger charge is -2.04. The van der Waals surface area contributed by atoms with Crippen LogP contribution in [0.4, 0.5) is 11.6 Å². The fraction of sp³-hybridized carbons (Fsp3) is 0.0769. The Morgan fingerprint density at radius 2 is 2.05 bits per heavy atom. The topological polar surface area (TPSA) is 60.2 Å². The molecule has 0 bridgehead atoms. The van der Waals surface area contributed by atoms with Crippen molar-refractivity contribution < 1.29 is 9.26 Å². The van der Waals surface area contributed by atoms with Crippen molar-refractivity contribution in [1.82, 2.24) is 10.1 Å². The first-order valence-electron chi connectivity index (χ1n) is 5.69. The van der Waals surface area contributed by atoms with Crippen molar-refractivity contribution in [2.75, 3.05) is 12.4 Å². The fourth-order valence-corrected chi connectivity index (χ4v) is 2.84. The minimum absolute atomic E-state index is 0.609. The molecule has 2 aromatic heterocycles. The molecule has 102 valence electrons. The summed E-state index contributed by atoms with van der Waals surface area (Å²) >= 11 is 6.81. The van der Waals surface area contributed by atoms with E-state index in [4.69, 9.17) is 9.26 Å². The number of ether oxygens (including phenoxy) is 1. The average molecular weight is 399 g/mol. The Balaban J connectivity index is 1.98. The third kappa shape index (κ3) is 2.51. The number of aromatic nitrogens is 2. The van der Waals surface area contributed by atoms with Crippen LogP contribution in [-0.2, 0) is 0 Å². The summed E-state index contributed by atoms with van der Waals surface area (Å²) in [5.41, 5.74) is 0.653. The lowest BCUT2D eigenvalue weighted by atomic mass is 10.2. The molecule has 20 heavy (non-hydrogen) atoms. The predicted molar refractivity (Wildman–Crippen MR) is 83.5 cm³/mol. The number of nitrogens with one attached hydrogen (secondary N) is 1. The van der Waals surface area contributed by atoms with Gasteiger partial charge in [-0.1, -0.05) is 5.16 Å². The molecule has 0 amide bonds. The highest BCUT2D eigenvalue weighted by molar-refractivity contribution is 9.11. The monoisotopic (exact) mass is 397 g/mol. The second-order valence-corrected chi connectivity index (χ2v) is 5.77. The maximum atomic E-state index is 5.28. The van der Waals surface area contributed by atoms with E-state index in [0.717, 1.165) is 20.1 Å². The molecule has 0 aliphatic carbocycles. The summed E-state index contributed by atoms with van der Waals surface area (Å²) in [6.45, 7) is 0. The van der Waals surface area contributed by atoms with Crippen molar-refractivity contribution in [3.63, 3.8) is 0 Å². The van der Waals surface area contributed by atoms with E-state index in [2.05, 4.69) is 47.3 Å². The number of anilines is 2. The highest BCUT2D eigenvalue weighted by Gasteiger charge is 2.11. The van der Waals surface area contributed by atoms with Gasteiger partial charge >= 0.3 is 0 Å². The molecule has 3 aromatic rings. The number of methoxy groups -OCH3 is 1. The number of nitrogens with zero attached hydrogens (tertiary/aromatic N) is 2. The van der Waals surface area contributed by atoms with Crippen molar-refractivity contribution in [1.29, 1.82) is 0 Å². The SMILES string of the molecule is COc1ccc2c(Nc3ncc(Br)cc3Br)noc2c1. The Kier molecular flexibility index (Phi) is 3.62. The van der Waals surface area contributed by atoms with Crippen LogP contribution in [-0.4, -0.2) is 17.3 Å². The summed E-state index contributed by atoms with van der Waals surface area (Å²) in [7, 11) is 1.61. The van der Waals surface area contributed by atoms with E-state index in [1.807, 2.05) is 18.2 Å².